The second-order valence-corrected chi connectivity index (χ2v) is 6.34. The van der Waals surface area contributed by atoms with Crippen molar-refractivity contribution in [2.45, 2.75) is 52.1 Å². The maximum absolute atomic E-state index is 12.5. The zero-order chi connectivity index (χ0) is 13.9. The van der Waals surface area contributed by atoms with Crippen LogP contribution in [0.5, 0.6) is 0 Å². The normalized spacial score (nSPS) is 26.4. The Morgan fingerprint density at radius 3 is 2.44 bits per heavy atom. The van der Waals surface area contributed by atoms with Gasteiger partial charge in [0.05, 0.1) is 12.2 Å². The quantitative estimate of drug-likeness (QED) is 0.781. The molecule has 1 rings (SSSR count). The Labute approximate surface area is 112 Å². The second kappa shape index (κ2) is 6.02. The molecule has 1 aliphatic heterocycles. The van der Waals surface area contributed by atoms with E-state index >= 15 is 0 Å². The molecular formula is C14H29N3O. The van der Waals surface area contributed by atoms with E-state index < -0.39 is 0 Å². The van der Waals surface area contributed by atoms with E-state index in [0.29, 0.717) is 18.6 Å². The first-order valence-corrected chi connectivity index (χ1v) is 7.01. The predicted octanol–water partition coefficient (Wildman–Crippen LogP) is 1.52. The molecule has 1 heterocycles. The number of hydrogen-bond donors (Lipinski definition) is 1. The third-order valence-electron chi connectivity index (χ3n) is 3.84. The van der Waals surface area contributed by atoms with Crippen molar-refractivity contribution >= 4 is 5.91 Å². The van der Waals surface area contributed by atoms with Crippen molar-refractivity contribution in [1.82, 2.24) is 15.1 Å². The fourth-order valence-electron chi connectivity index (χ4n) is 2.56. The van der Waals surface area contributed by atoms with Gasteiger partial charge >= 0.3 is 0 Å². The van der Waals surface area contributed by atoms with Crippen molar-refractivity contribution in [3.8, 4) is 0 Å². The number of amides is 1. The molecule has 106 valence electrons. The molecule has 0 bridgehead atoms. The van der Waals surface area contributed by atoms with Crippen LogP contribution in [-0.4, -0.2) is 54.6 Å². The molecule has 1 aliphatic rings. The summed E-state index contributed by atoms with van der Waals surface area (Å²) in [5.41, 5.74) is -0.360. The Morgan fingerprint density at radius 1 is 1.44 bits per heavy atom. The molecular weight excluding hydrogens is 226 g/mol. The first-order valence-electron chi connectivity index (χ1n) is 7.01. The highest BCUT2D eigenvalue weighted by atomic mass is 16.2. The average Bonchev–Trinajstić information content (AvgIpc) is 2.54. The molecule has 1 saturated heterocycles. The fraction of sp³-hybridized carbons (Fsp3) is 0.929. The van der Waals surface area contributed by atoms with Gasteiger partial charge in [-0.05, 0) is 39.8 Å². The van der Waals surface area contributed by atoms with Crippen LogP contribution in [0.25, 0.3) is 0 Å². The monoisotopic (exact) mass is 255 g/mol. The lowest BCUT2D eigenvalue weighted by atomic mass is 9.97. The van der Waals surface area contributed by atoms with E-state index in [9.17, 15) is 4.79 Å². The third kappa shape index (κ3) is 3.45. The molecule has 0 aromatic heterocycles. The largest absolute Gasteiger partial charge is 0.324 e. The summed E-state index contributed by atoms with van der Waals surface area (Å²) in [6, 6.07) is 0.313. The lowest BCUT2D eigenvalue weighted by Crippen LogP contribution is -2.47. The summed E-state index contributed by atoms with van der Waals surface area (Å²) in [6.07, 6.45) is 1.91. The highest BCUT2D eigenvalue weighted by Gasteiger charge is 2.43. The number of rotatable bonds is 6. The molecule has 0 saturated carbocycles. The van der Waals surface area contributed by atoms with Gasteiger partial charge < -0.3 is 9.80 Å². The van der Waals surface area contributed by atoms with Crippen LogP contribution in [0.2, 0.25) is 0 Å². The number of likely N-dealkylation sites (N-methyl/N-ethyl adjacent to an activating group) is 1. The van der Waals surface area contributed by atoms with Crippen LogP contribution in [0.1, 0.15) is 40.5 Å². The van der Waals surface area contributed by atoms with Crippen LogP contribution >= 0.6 is 0 Å². The summed E-state index contributed by atoms with van der Waals surface area (Å²) >= 11 is 0. The summed E-state index contributed by atoms with van der Waals surface area (Å²) in [5.74, 6) is 0.869. The standard InChI is InChI=1S/C14H29N3O/c1-7-14(4)13(18)17(10-15-14)12(8-11(2)3)9-16(5)6/h11-12,15H,7-10H2,1-6H3. The van der Waals surface area contributed by atoms with E-state index in [-0.39, 0.29) is 11.4 Å². The maximum atomic E-state index is 12.5. The van der Waals surface area contributed by atoms with Crippen molar-refractivity contribution in [3.63, 3.8) is 0 Å². The minimum atomic E-state index is -0.360. The maximum Gasteiger partial charge on any atom is 0.243 e. The summed E-state index contributed by atoms with van der Waals surface area (Å²) < 4.78 is 0. The Kier molecular flexibility index (Phi) is 5.17. The zero-order valence-electron chi connectivity index (χ0n) is 12.8. The predicted molar refractivity (Wildman–Crippen MR) is 75.3 cm³/mol. The highest BCUT2D eigenvalue weighted by Crippen LogP contribution is 2.24. The molecule has 4 nitrogen and oxygen atoms in total. The van der Waals surface area contributed by atoms with Gasteiger partial charge in [-0.2, -0.15) is 0 Å². The highest BCUT2D eigenvalue weighted by molar-refractivity contribution is 5.88. The molecule has 2 atom stereocenters. The Hall–Kier alpha value is -0.610. The van der Waals surface area contributed by atoms with E-state index in [2.05, 4.69) is 45.1 Å². The summed E-state index contributed by atoms with van der Waals surface area (Å²) in [5, 5.41) is 3.37. The SMILES string of the molecule is CCC1(C)NCN(C(CC(C)C)CN(C)C)C1=O. The van der Waals surface area contributed by atoms with Crippen LogP contribution in [0.4, 0.5) is 0 Å². The van der Waals surface area contributed by atoms with Crippen LogP contribution < -0.4 is 5.32 Å². The van der Waals surface area contributed by atoms with Gasteiger partial charge in [-0.15, -0.1) is 0 Å². The van der Waals surface area contributed by atoms with Crippen LogP contribution in [0, 0.1) is 5.92 Å². The van der Waals surface area contributed by atoms with Crippen LogP contribution in [-0.2, 0) is 4.79 Å². The van der Waals surface area contributed by atoms with E-state index in [4.69, 9.17) is 0 Å². The Bertz CT molecular complexity index is 281. The molecule has 2 unspecified atom stereocenters. The van der Waals surface area contributed by atoms with Crippen LogP contribution in [0.3, 0.4) is 0 Å². The Morgan fingerprint density at radius 2 is 2.06 bits per heavy atom. The fourth-order valence-corrected chi connectivity index (χ4v) is 2.56. The first kappa shape index (κ1) is 15.4. The molecule has 18 heavy (non-hydrogen) atoms. The molecule has 0 radical (unpaired) electrons. The number of nitrogens with one attached hydrogen (secondary N) is 1. The molecule has 4 heteroatoms. The van der Waals surface area contributed by atoms with Crippen LogP contribution in [0.15, 0.2) is 0 Å². The average molecular weight is 255 g/mol. The van der Waals surface area contributed by atoms with Crippen molar-refractivity contribution in [3.05, 3.63) is 0 Å². The number of hydrogen-bond acceptors (Lipinski definition) is 3. The lowest BCUT2D eigenvalue weighted by molar-refractivity contribution is -0.134. The molecule has 1 N–H and O–H groups in total. The summed E-state index contributed by atoms with van der Waals surface area (Å²) in [7, 11) is 4.14. The first-order chi connectivity index (χ1) is 8.30. The third-order valence-corrected chi connectivity index (χ3v) is 3.84. The molecule has 0 aromatic rings. The minimum Gasteiger partial charge on any atom is -0.324 e. The van der Waals surface area contributed by atoms with Gasteiger partial charge in [0, 0.05) is 12.6 Å². The Balaban J connectivity index is 2.78. The molecule has 0 aromatic carbocycles. The van der Waals surface area contributed by atoms with Crippen molar-refractivity contribution in [1.29, 1.82) is 0 Å². The van der Waals surface area contributed by atoms with E-state index in [0.717, 1.165) is 19.4 Å². The van der Waals surface area contributed by atoms with E-state index in [1.54, 1.807) is 0 Å². The molecule has 0 spiro atoms. The topological polar surface area (TPSA) is 35.6 Å². The number of carbonyl (C=O) groups is 1. The van der Waals surface area contributed by atoms with E-state index in [1.165, 1.54) is 0 Å². The summed E-state index contributed by atoms with van der Waals surface area (Å²) in [6.45, 7) is 10.1. The van der Waals surface area contributed by atoms with Gasteiger partial charge in [0.2, 0.25) is 5.91 Å². The molecule has 1 fully saturated rings. The van der Waals surface area contributed by atoms with Gasteiger partial charge in [-0.1, -0.05) is 20.8 Å². The van der Waals surface area contributed by atoms with Gasteiger partial charge in [0.25, 0.3) is 0 Å². The second-order valence-electron chi connectivity index (χ2n) is 6.34. The van der Waals surface area contributed by atoms with Gasteiger partial charge in [0.1, 0.15) is 0 Å². The minimum absolute atomic E-state index is 0.262. The van der Waals surface area contributed by atoms with Gasteiger partial charge in [0.15, 0.2) is 0 Å². The van der Waals surface area contributed by atoms with Gasteiger partial charge in [-0.3, -0.25) is 10.1 Å². The van der Waals surface area contributed by atoms with E-state index in [1.807, 2.05) is 11.8 Å². The van der Waals surface area contributed by atoms with Crippen molar-refractivity contribution in [2.24, 2.45) is 5.92 Å². The van der Waals surface area contributed by atoms with Crippen molar-refractivity contribution < 1.29 is 4.79 Å². The molecule has 0 aliphatic carbocycles. The smallest absolute Gasteiger partial charge is 0.243 e. The van der Waals surface area contributed by atoms with Gasteiger partial charge in [-0.25, -0.2) is 0 Å². The van der Waals surface area contributed by atoms with Crippen molar-refractivity contribution in [2.75, 3.05) is 27.3 Å². The zero-order valence-corrected chi connectivity index (χ0v) is 12.8. The number of carbonyl (C=O) groups excluding carboxylic acids is 1. The number of nitrogens with zero attached hydrogens (tertiary/aromatic N) is 2. The lowest BCUT2D eigenvalue weighted by Gasteiger charge is -2.32. The molecule has 1 amide bonds. The summed E-state index contributed by atoms with van der Waals surface area (Å²) in [4.78, 5) is 16.7.